The predicted octanol–water partition coefficient (Wildman–Crippen LogP) is 3.00. The van der Waals surface area contributed by atoms with Crippen molar-refractivity contribution in [1.82, 2.24) is 14.8 Å². The van der Waals surface area contributed by atoms with Crippen LogP contribution in [0, 0.1) is 12.8 Å². The number of hydrogen-bond donors (Lipinski definition) is 0. The van der Waals surface area contributed by atoms with Gasteiger partial charge in [-0.1, -0.05) is 30.3 Å². The fraction of sp³-hybridized carbons (Fsp3) is 0.381. The number of carbonyl (C=O) groups excluding carboxylic acids is 2. The standard InChI is InChI=1S/C21H25N3O2/c1-15-18(9-10-19(22-15)16-7-5-4-6-8-16)21(26)24-13-11-17(12-14-24)20(25)23(2)3/h4-10,17H,11-14H2,1-3H3. The highest BCUT2D eigenvalue weighted by Gasteiger charge is 2.29. The molecular weight excluding hydrogens is 326 g/mol. The second-order valence-electron chi connectivity index (χ2n) is 6.99. The number of aromatic nitrogens is 1. The zero-order chi connectivity index (χ0) is 18.7. The van der Waals surface area contributed by atoms with E-state index in [-0.39, 0.29) is 17.7 Å². The van der Waals surface area contributed by atoms with Crippen molar-refractivity contribution in [2.75, 3.05) is 27.2 Å². The van der Waals surface area contributed by atoms with Crippen LogP contribution >= 0.6 is 0 Å². The molecule has 1 aromatic carbocycles. The van der Waals surface area contributed by atoms with E-state index in [2.05, 4.69) is 4.98 Å². The summed E-state index contributed by atoms with van der Waals surface area (Å²) in [4.78, 5) is 33.0. The molecule has 5 heteroatoms. The van der Waals surface area contributed by atoms with Crippen LogP contribution in [-0.4, -0.2) is 53.8 Å². The molecule has 0 aliphatic carbocycles. The Kier molecular flexibility index (Phi) is 5.35. The SMILES string of the molecule is Cc1nc(-c2ccccc2)ccc1C(=O)N1CCC(C(=O)N(C)C)CC1. The van der Waals surface area contributed by atoms with Crippen LogP contribution in [0.1, 0.15) is 28.9 Å². The minimum atomic E-state index is 0.00497. The maximum atomic E-state index is 12.9. The van der Waals surface area contributed by atoms with Crippen molar-refractivity contribution < 1.29 is 9.59 Å². The summed E-state index contributed by atoms with van der Waals surface area (Å²) in [6, 6.07) is 13.7. The molecule has 1 fully saturated rings. The zero-order valence-corrected chi connectivity index (χ0v) is 15.6. The van der Waals surface area contributed by atoms with Crippen molar-refractivity contribution in [1.29, 1.82) is 0 Å². The van der Waals surface area contributed by atoms with Crippen LogP contribution in [0.15, 0.2) is 42.5 Å². The van der Waals surface area contributed by atoms with E-state index < -0.39 is 0 Å². The van der Waals surface area contributed by atoms with E-state index in [1.165, 1.54) is 0 Å². The van der Waals surface area contributed by atoms with Gasteiger partial charge in [0, 0.05) is 38.7 Å². The fourth-order valence-electron chi connectivity index (χ4n) is 3.42. The minimum Gasteiger partial charge on any atom is -0.349 e. The van der Waals surface area contributed by atoms with Crippen LogP contribution in [0.5, 0.6) is 0 Å². The summed E-state index contributed by atoms with van der Waals surface area (Å²) < 4.78 is 0. The first kappa shape index (κ1) is 18.1. The highest BCUT2D eigenvalue weighted by molar-refractivity contribution is 5.95. The van der Waals surface area contributed by atoms with Crippen LogP contribution in [0.3, 0.4) is 0 Å². The van der Waals surface area contributed by atoms with Gasteiger partial charge in [0.2, 0.25) is 5.91 Å². The number of rotatable bonds is 3. The molecule has 2 amide bonds. The second kappa shape index (κ2) is 7.68. The Hall–Kier alpha value is -2.69. The minimum absolute atomic E-state index is 0.00497. The summed E-state index contributed by atoms with van der Waals surface area (Å²) in [5, 5.41) is 0. The Labute approximate surface area is 154 Å². The van der Waals surface area contributed by atoms with Gasteiger partial charge in [0.15, 0.2) is 0 Å². The molecule has 0 N–H and O–H groups in total. The van der Waals surface area contributed by atoms with Crippen LogP contribution in [0.25, 0.3) is 11.3 Å². The van der Waals surface area contributed by atoms with Crippen LogP contribution in [0.2, 0.25) is 0 Å². The molecule has 1 saturated heterocycles. The Morgan fingerprint density at radius 3 is 2.27 bits per heavy atom. The van der Waals surface area contributed by atoms with Gasteiger partial charge in [-0.2, -0.15) is 0 Å². The molecule has 0 bridgehead atoms. The summed E-state index contributed by atoms with van der Waals surface area (Å²) in [6.45, 7) is 3.11. The number of aryl methyl sites for hydroxylation is 1. The number of carbonyl (C=O) groups is 2. The summed E-state index contributed by atoms with van der Waals surface area (Å²) in [6.07, 6.45) is 1.44. The first-order chi connectivity index (χ1) is 12.5. The monoisotopic (exact) mass is 351 g/mol. The highest BCUT2D eigenvalue weighted by atomic mass is 16.2. The summed E-state index contributed by atoms with van der Waals surface area (Å²) in [7, 11) is 3.56. The highest BCUT2D eigenvalue weighted by Crippen LogP contribution is 2.23. The molecule has 0 spiro atoms. The van der Waals surface area contributed by atoms with E-state index in [4.69, 9.17) is 0 Å². The molecule has 0 unspecified atom stereocenters. The second-order valence-corrected chi connectivity index (χ2v) is 6.99. The molecule has 26 heavy (non-hydrogen) atoms. The van der Waals surface area contributed by atoms with Crippen molar-refractivity contribution in [3.05, 3.63) is 53.7 Å². The molecule has 0 radical (unpaired) electrons. The first-order valence-corrected chi connectivity index (χ1v) is 9.01. The molecule has 2 aromatic rings. The number of amides is 2. The smallest absolute Gasteiger partial charge is 0.255 e. The molecule has 0 saturated carbocycles. The van der Waals surface area contributed by atoms with Crippen molar-refractivity contribution in [2.45, 2.75) is 19.8 Å². The molecule has 1 aliphatic rings. The third-order valence-corrected chi connectivity index (χ3v) is 4.96. The Morgan fingerprint density at radius 1 is 1.04 bits per heavy atom. The number of benzene rings is 1. The van der Waals surface area contributed by atoms with Crippen molar-refractivity contribution in [3.8, 4) is 11.3 Å². The molecule has 0 atom stereocenters. The van der Waals surface area contributed by atoms with E-state index in [1.807, 2.05) is 54.3 Å². The third kappa shape index (κ3) is 3.77. The maximum absolute atomic E-state index is 12.9. The average Bonchev–Trinajstić information content (AvgIpc) is 2.67. The molecule has 136 valence electrons. The number of nitrogens with zero attached hydrogens (tertiary/aromatic N) is 3. The summed E-state index contributed by atoms with van der Waals surface area (Å²) in [5.41, 5.74) is 3.29. The van der Waals surface area contributed by atoms with E-state index >= 15 is 0 Å². The quantitative estimate of drug-likeness (QED) is 0.854. The van der Waals surface area contributed by atoms with Gasteiger partial charge in [0.1, 0.15) is 0 Å². The van der Waals surface area contributed by atoms with Crippen molar-refractivity contribution in [2.24, 2.45) is 5.92 Å². The number of piperidine rings is 1. The van der Waals surface area contributed by atoms with Crippen molar-refractivity contribution >= 4 is 11.8 Å². The normalized spacial score (nSPS) is 15.0. The van der Waals surface area contributed by atoms with Gasteiger partial charge in [0.05, 0.1) is 17.0 Å². The average molecular weight is 351 g/mol. The lowest BCUT2D eigenvalue weighted by molar-refractivity contribution is -0.134. The largest absolute Gasteiger partial charge is 0.349 e. The first-order valence-electron chi connectivity index (χ1n) is 9.01. The van der Waals surface area contributed by atoms with Gasteiger partial charge in [-0.05, 0) is 31.9 Å². The van der Waals surface area contributed by atoms with Gasteiger partial charge in [-0.25, -0.2) is 0 Å². The Morgan fingerprint density at radius 2 is 1.69 bits per heavy atom. The van der Waals surface area contributed by atoms with Crippen LogP contribution in [0.4, 0.5) is 0 Å². The molecule has 2 heterocycles. The van der Waals surface area contributed by atoms with Crippen LogP contribution in [-0.2, 0) is 4.79 Å². The lowest BCUT2D eigenvalue weighted by Gasteiger charge is -2.32. The van der Waals surface area contributed by atoms with Crippen LogP contribution < -0.4 is 0 Å². The fourth-order valence-corrected chi connectivity index (χ4v) is 3.42. The zero-order valence-electron chi connectivity index (χ0n) is 15.6. The predicted molar refractivity (Wildman–Crippen MR) is 102 cm³/mol. The Balaban J connectivity index is 1.70. The number of pyridine rings is 1. The van der Waals surface area contributed by atoms with Gasteiger partial charge < -0.3 is 9.80 Å². The van der Waals surface area contributed by atoms with E-state index in [1.54, 1.807) is 19.0 Å². The summed E-state index contributed by atoms with van der Waals surface area (Å²) in [5.74, 6) is 0.182. The number of hydrogen-bond acceptors (Lipinski definition) is 3. The molecule has 5 nitrogen and oxygen atoms in total. The molecule has 1 aliphatic heterocycles. The number of likely N-dealkylation sites (tertiary alicyclic amines) is 1. The lowest BCUT2D eigenvalue weighted by Crippen LogP contribution is -2.43. The van der Waals surface area contributed by atoms with Gasteiger partial charge in [-0.15, -0.1) is 0 Å². The van der Waals surface area contributed by atoms with E-state index in [0.717, 1.165) is 29.8 Å². The van der Waals surface area contributed by atoms with Crippen molar-refractivity contribution in [3.63, 3.8) is 0 Å². The topological polar surface area (TPSA) is 53.5 Å². The maximum Gasteiger partial charge on any atom is 0.255 e. The summed E-state index contributed by atoms with van der Waals surface area (Å²) >= 11 is 0. The molecule has 3 rings (SSSR count). The van der Waals surface area contributed by atoms with E-state index in [9.17, 15) is 9.59 Å². The lowest BCUT2D eigenvalue weighted by atomic mass is 9.95. The third-order valence-electron chi connectivity index (χ3n) is 4.96. The van der Waals surface area contributed by atoms with Gasteiger partial charge in [0.25, 0.3) is 5.91 Å². The van der Waals surface area contributed by atoms with E-state index in [0.29, 0.717) is 18.7 Å². The Bertz CT molecular complexity index is 794. The molecular formula is C21H25N3O2. The van der Waals surface area contributed by atoms with Gasteiger partial charge >= 0.3 is 0 Å². The van der Waals surface area contributed by atoms with Gasteiger partial charge in [-0.3, -0.25) is 14.6 Å². The molecule has 1 aromatic heterocycles.